The lowest BCUT2D eigenvalue weighted by Crippen LogP contribution is -2.10. The van der Waals surface area contributed by atoms with Crippen LogP contribution in [0.3, 0.4) is 0 Å². The van der Waals surface area contributed by atoms with Gasteiger partial charge >= 0.3 is 0 Å². The number of hydrogen-bond acceptors (Lipinski definition) is 4. The van der Waals surface area contributed by atoms with E-state index in [1.807, 2.05) is 0 Å². The molecule has 0 bridgehead atoms. The average molecular weight is 232 g/mol. The lowest BCUT2D eigenvalue weighted by atomic mass is 10.3. The van der Waals surface area contributed by atoms with Gasteiger partial charge in [0.2, 0.25) is 0 Å². The predicted molar refractivity (Wildman–Crippen MR) is 59.1 cm³/mol. The third-order valence-electron chi connectivity index (χ3n) is 1.81. The molecule has 5 heteroatoms. The first kappa shape index (κ1) is 11.9. The van der Waals surface area contributed by atoms with Crippen molar-refractivity contribution >= 4 is 11.6 Å². The molecule has 0 aliphatic carbocycles. The minimum Gasteiger partial charge on any atom is -0.493 e. The maximum absolute atomic E-state index is 5.97. The Labute approximate surface area is 93.9 Å². The van der Waals surface area contributed by atoms with Gasteiger partial charge in [0, 0.05) is 18.7 Å². The molecular weight excluding hydrogens is 218 g/mol. The van der Waals surface area contributed by atoms with E-state index in [9.17, 15) is 0 Å². The van der Waals surface area contributed by atoms with E-state index in [2.05, 4.69) is 0 Å². The molecule has 2 N–H and O–H groups in total. The van der Waals surface area contributed by atoms with Crippen molar-refractivity contribution in [3.05, 3.63) is 17.2 Å². The summed E-state index contributed by atoms with van der Waals surface area (Å²) in [4.78, 5) is 0. The molecule has 0 fully saturated rings. The second-order valence-electron chi connectivity index (χ2n) is 2.77. The van der Waals surface area contributed by atoms with Crippen molar-refractivity contribution in [2.24, 2.45) is 5.73 Å². The minimum absolute atomic E-state index is 0.412. The van der Waals surface area contributed by atoms with E-state index in [0.29, 0.717) is 35.4 Å². The van der Waals surface area contributed by atoms with Crippen LogP contribution in [0.15, 0.2) is 12.1 Å². The lowest BCUT2D eigenvalue weighted by Gasteiger charge is -2.12. The Morgan fingerprint density at radius 1 is 1.13 bits per heavy atom. The fraction of sp³-hybridized carbons (Fsp3) is 0.400. The van der Waals surface area contributed by atoms with Crippen LogP contribution in [-0.4, -0.2) is 27.4 Å². The van der Waals surface area contributed by atoms with Crippen LogP contribution >= 0.6 is 11.6 Å². The zero-order valence-electron chi connectivity index (χ0n) is 8.75. The molecule has 0 radical (unpaired) electrons. The Bertz CT molecular complexity index is 331. The summed E-state index contributed by atoms with van der Waals surface area (Å²) < 4.78 is 15.5. The third kappa shape index (κ3) is 2.91. The van der Waals surface area contributed by atoms with Gasteiger partial charge in [0.1, 0.15) is 12.4 Å². The number of rotatable bonds is 5. The smallest absolute Gasteiger partial charge is 0.164 e. The van der Waals surface area contributed by atoms with Crippen LogP contribution in [-0.2, 0) is 0 Å². The number of methoxy groups -OCH3 is 2. The first-order valence-corrected chi connectivity index (χ1v) is 4.85. The number of ether oxygens (including phenoxy) is 3. The molecule has 1 aromatic rings. The number of benzene rings is 1. The SMILES string of the molecule is COc1cc(Cl)c(OCCN)cc1OC. The van der Waals surface area contributed by atoms with E-state index in [4.69, 9.17) is 31.5 Å². The van der Waals surface area contributed by atoms with Gasteiger partial charge in [0.15, 0.2) is 11.5 Å². The Morgan fingerprint density at radius 2 is 1.73 bits per heavy atom. The molecule has 15 heavy (non-hydrogen) atoms. The summed E-state index contributed by atoms with van der Waals surface area (Å²) in [5, 5.41) is 0.473. The molecule has 0 aromatic heterocycles. The van der Waals surface area contributed by atoms with Gasteiger partial charge in [0.25, 0.3) is 0 Å². The third-order valence-corrected chi connectivity index (χ3v) is 2.11. The maximum Gasteiger partial charge on any atom is 0.164 e. The predicted octanol–water partition coefficient (Wildman–Crippen LogP) is 1.69. The van der Waals surface area contributed by atoms with E-state index < -0.39 is 0 Å². The van der Waals surface area contributed by atoms with Crippen LogP contribution in [0.5, 0.6) is 17.2 Å². The fourth-order valence-corrected chi connectivity index (χ4v) is 1.32. The average Bonchev–Trinajstić information content (AvgIpc) is 2.27. The van der Waals surface area contributed by atoms with Crippen molar-refractivity contribution < 1.29 is 14.2 Å². The van der Waals surface area contributed by atoms with Crippen LogP contribution in [0.4, 0.5) is 0 Å². The van der Waals surface area contributed by atoms with Gasteiger partial charge in [-0.05, 0) is 0 Å². The fourth-order valence-electron chi connectivity index (χ4n) is 1.12. The monoisotopic (exact) mass is 231 g/mol. The van der Waals surface area contributed by atoms with Crippen molar-refractivity contribution in [3.63, 3.8) is 0 Å². The van der Waals surface area contributed by atoms with Crippen molar-refractivity contribution in [1.29, 1.82) is 0 Å². The molecule has 1 aromatic carbocycles. The van der Waals surface area contributed by atoms with E-state index in [1.54, 1.807) is 26.4 Å². The van der Waals surface area contributed by atoms with Crippen LogP contribution in [0, 0.1) is 0 Å². The summed E-state index contributed by atoms with van der Waals surface area (Å²) in [6.45, 7) is 0.847. The summed E-state index contributed by atoms with van der Waals surface area (Å²) >= 11 is 5.97. The first-order valence-electron chi connectivity index (χ1n) is 4.47. The Balaban J connectivity index is 2.97. The summed E-state index contributed by atoms with van der Waals surface area (Å²) in [6, 6.07) is 3.32. The second kappa shape index (κ2) is 5.68. The minimum atomic E-state index is 0.412. The molecule has 4 nitrogen and oxygen atoms in total. The Hall–Kier alpha value is -1.13. The van der Waals surface area contributed by atoms with Gasteiger partial charge in [-0.25, -0.2) is 0 Å². The molecular formula is C10H14ClNO3. The zero-order chi connectivity index (χ0) is 11.3. The van der Waals surface area contributed by atoms with Gasteiger partial charge in [-0.2, -0.15) is 0 Å². The summed E-state index contributed by atoms with van der Waals surface area (Å²) in [5.41, 5.74) is 5.33. The van der Waals surface area contributed by atoms with Crippen LogP contribution < -0.4 is 19.9 Å². The number of hydrogen-bond donors (Lipinski definition) is 1. The van der Waals surface area contributed by atoms with Crippen LogP contribution in [0.25, 0.3) is 0 Å². The molecule has 84 valence electrons. The standard InChI is InChI=1S/C10H14ClNO3/c1-13-9-5-7(11)8(15-4-3-12)6-10(9)14-2/h5-6H,3-4,12H2,1-2H3. The maximum atomic E-state index is 5.97. The van der Waals surface area contributed by atoms with Crippen LogP contribution in [0.1, 0.15) is 0 Å². The van der Waals surface area contributed by atoms with Crippen molar-refractivity contribution in [3.8, 4) is 17.2 Å². The normalized spacial score (nSPS) is 9.87. The van der Waals surface area contributed by atoms with Crippen molar-refractivity contribution in [1.82, 2.24) is 0 Å². The molecule has 0 heterocycles. The molecule has 1 rings (SSSR count). The quantitative estimate of drug-likeness (QED) is 0.838. The molecule has 0 aliphatic rings. The topological polar surface area (TPSA) is 53.7 Å². The largest absolute Gasteiger partial charge is 0.493 e. The van der Waals surface area contributed by atoms with Gasteiger partial charge < -0.3 is 19.9 Å². The molecule has 0 aliphatic heterocycles. The highest BCUT2D eigenvalue weighted by atomic mass is 35.5. The first-order chi connectivity index (χ1) is 7.22. The van der Waals surface area contributed by atoms with Gasteiger partial charge in [-0.1, -0.05) is 11.6 Å². The number of halogens is 1. The van der Waals surface area contributed by atoms with Crippen molar-refractivity contribution in [2.45, 2.75) is 0 Å². The molecule has 0 amide bonds. The molecule has 0 unspecified atom stereocenters. The summed E-state index contributed by atoms with van der Waals surface area (Å²) in [5.74, 6) is 1.69. The Kier molecular flexibility index (Phi) is 4.52. The van der Waals surface area contributed by atoms with Gasteiger partial charge in [-0.15, -0.1) is 0 Å². The van der Waals surface area contributed by atoms with E-state index >= 15 is 0 Å². The summed E-state index contributed by atoms with van der Waals surface area (Å²) in [6.07, 6.45) is 0. The Morgan fingerprint density at radius 3 is 2.27 bits per heavy atom. The highest BCUT2D eigenvalue weighted by Crippen LogP contribution is 2.37. The molecule has 0 atom stereocenters. The molecule has 0 spiro atoms. The molecule has 0 saturated carbocycles. The van der Waals surface area contributed by atoms with Gasteiger partial charge in [0.05, 0.1) is 19.2 Å². The second-order valence-corrected chi connectivity index (χ2v) is 3.18. The van der Waals surface area contributed by atoms with E-state index in [0.717, 1.165) is 0 Å². The van der Waals surface area contributed by atoms with E-state index in [1.165, 1.54) is 0 Å². The van der Waals surface area contributed by atoms with E-state index in [-0.39, 0.29) is 0 Å². The lowest BCUT2D eigenvalue weighted by molar-refractivity contribution is 0.319. The van der Waals surface area contributed by atoms with Crippen molar-refractivity contribution in [2.75, 3.05) is 27.4 Å². The highest BCUT2D eigenvalue weighted by molar-refractivity contribution is 6.32. The zero-order valence-corrected chi connectivity index (χ0v) is 9.50. The van der Waals surface area contributed by atoms with Gasteiger partial charge in [-0.3, -0.25) is 0 Å². The highest BCUT2D eigenvalue weighted by Gasteiger charge is 2.10. The van der Waals surface area contributed by atoms with Crippen LogP contribution in [0.2, 0.25) is 5.02 Å². The summed E-state index contributed by atoms with van der Waals surface area (Å²) in [7, 11) is 3.10. The number of nitrogens with two attached hydrogens (primary N) is 1. The molecule has 0 saturated heterocycles.